The molecule has 0 spiro atoms. The molecule has 0 radical (unpaired) electrons. The van der Waals surface area contributed by atoms with Crippen LogP contribution in [0.4, 0.5) is 0 Å². The predicted octanol–water partition coefficient (Wildman–Crippen LogP) is 2.44. The maximum Gasteiger partial charge on any atom is 0.312 e. The standard InChI is InChI=1S/C16H17NO4/c1-2-12-8-9-14(21-12)15(18)17-10-13(16(19)20)11-6-4-3-5-7-11/h3-9,13H,2,10H2,1H3,(H,17,18)(H,19,20)/t13-/m0/s1. The van der Waals surface area contributed by atoms with Gasteiger partial charge in [-0.2, -0.15) is 0 Å². The zero-order chi connectivity index (χ0) is 15.2. The summed E-state index contributed by atoms with van der Waals surface area (Å²) in [4.78, 5) is 23.3. The van der Waals surface area contributed by atoms with Crippen LogP contribution in [-0.4, -0.2) is 23.5 Å². The van der Waals surface area contributed by atoms with Crippen LogP contribution >= 0.6 is 0 Å². The van der Waals surface area contributed by atoms with Gasteiger partial charge in [0.05, 0.1) is 5.92 Å². The summed E-state index contributed by atoms with van der Waals surface area (Å²) in [5, 5.41) is 11.9. The fourth-order valence-corrected chi connectivity index (χ4v) is 2.00. The highest BCUT2D eigenvalue weighted by atomic mass is 16.4. The van der Waals surface area contributed by atoms with Crippen molar-refractivity contribution in [2.45, 2.75) is 19.3 Å². The van der Waals surface area contributed by atoms with E-state index >= 15 is 0 Å². The quantitative estimate of drug-likeness (QED) is 0.855. The first-order chi connectivity index (χ1) is 10.1. The molecule has 1 atom stereocenters. The van der Waals surface area contributed by atoms with Gasteiger partial charge >= 0.3 is 5.97 Å². The van der Waals surface area contributed by atoms with E-state index in [1.807, 2.05) is 13.0 Å². The van der Waals surface area contributed by atoms with E-state index in [0.717, 1.165) is 5.76 Å². The number of amides is 1. The molecule has 1 amide bonds. The van der Waals surface area contributed by atoms with E-state index < -0.39 is 17.8 Å². The molecule has 0 unspecified atom stereocenters. The van der Waals surface area contributed by atoms with Gasteiger partial charge in [0.2, 0.25) is 0 Å². The van der Waals surface area contributed by atoms with Crippen molar-refractivity contribution in [2.75, 3.05) is 6.54 Å². The molecule has 1 aromatic heterocycles. The number of hydrogen-bond donors (Lipinski definition) is 2. The molecule has 5 nitrogen and oxygen atoms in total. The molecule has 0 aliphatic rings. The lowest BCUT2D eigenvalue weighted by molar-refractivity contribution is -0.138. The third kappa shape index (κ3) is 3.72. The van der Waals surface area contributed by atoms with Crippen molar-refractivity contribution in [3.8, 4) is 0 Å². The highest BCUT2D eigenvalue weighted by molar-refractivity contribution is 5.92. The average molecular weight is 287 g/mol. The van der Waals surface area contributed by atoms with Crippen LogP contribution in [0, 0.1) is 0 Å². The van der Waals surface area contributed by atoms with Crippen molar-refractivity contribution in [2.24, 2.45) is 0 Å². The zero-order valence-corrected chi connectivity index (χ0v) is 11.7. The van der Waals surface area contributed by atoms with Crippen LogP contribution in [0.25, 0.3) is 0 Å². The maximum absolute atomic E-state index is 11.9. The van der Waals surface area contributed by atoms with Gasteiger partial charge in [0, 0.05) is 13.0 Å². The van der Waals surface area contributed by atoms with Gasteiger partial charge in [-0.25, -0.2) is 0 Å². The molecule has 0 aliphatic heterocycles. The third-order valence-electron chi connectivity index (χ3n) is 3.20. The monoisotopic (exact) mass is 287 g/mol. The van der Waals surface area contributed by atoms with Crippen LogP contribution < -0.4 is 5.32 Å². The second-order valence-electron chi connectivity index (χ2n) is 4.63. The second-order valence-corrected chi connectivity index (χ2v) is 4.63. The number of benzene rings is 1. The van der Waals surface area contributed by atoms with Crippen molar-refractivity contribution in [1.82, 2.24) is 5.32 Å². The second kappa shape index (κ2) is 6.74. The average Bonchev–Trinajstić information content (AvgIpc) is 2.97. The summed E-state index contributed by atoms with van der Waals surface area (Å²) in [5.41, 5.74) is 0.652. The first kappa shape index (κ1) is 14.8. The number of aliphatic carboxylic acids is 1. The minimum absolute atomic E-state index is 0.0142. The number of hydrogen-bond acceptors (Lipinski definition) is 3. The summed E-state index contributed by atoms with van der Waals surface area (Å²) < 4.78 is 5.33. The van der Waals surface area contributed by atoms with Crippen molar-refractivity contribution in [3.05, 3.63) is 59.5 Å². The van der Waals surface area contributed by atoms with Crippen LogP contribution in [0.5, 0.6) is 0 Å². The number of carbonyl (C=O) groups excluding carboxylic acids is 1. The topological polar surface area (TPSA) is 79.5 Å². The third-order valence-corrected chi connectivity index (χ3v) is 3.20. The number of carboxylic acid groups (broad SMARTS) is 1. The Bertz CT molecular complexity index is 618. The number of rotatable bonds is 6. The van der Waals surface area contributed by atoms with Crippen LogP contribution in [0.15, 0.2) is 46.9 Å². The highest BCUT2D eigenvalue weighted by Gasteiger charge is 2.21. The highest BCUT2D eigenvalue weighted by Crippen LogP contribution is 2.15. The van der Waals surface area contributed by atoms with Gasteiger partial charge in [-0.1, -0.05) is 37.3 Å². The summed E-state index contributed by atoms with van der Waals surface area (Å²) in [5.74, 6) is -1.25. The fourth-order valence-electron chi connectivity index (χ4n) is 2.00. The predicted molar refractivity (Wildman–Crippen MR) is 77.2 cm³/mol. The Morgan fingerprint density at radius 2 is 1.90 bits per heavy atom. The van der Waals surface area contributed by atoms with Crippen molar-refractivity contribution < 1.29 is 19.1 Å². The maximum atomic E-state index is 11.9. The van der Waals surface area contributed by atoms with E-state index in [1.165, 1.54) is 0 Å². The van der Waals surface area contributed by atoms with Gasteiger partial charge in [0.25, 0.3) is 5.91 Å². The Kier molecular flexibility index (Phi) is 4.77. The lowest BCUT2D eigenvalue weighted by atomic mass is 9.99. The number of furan rings is 1. The van der Waals surface area contributed by atoms with Gasteiger partial charge in [0.15, 0.2) is 5.76 Å². The Balaban J connectivity index is 2.02. The smallest absolute Gasteiger partial charge is 0.312 e. The molecule has 2 rings (SSSR count). The number of nitrogens with one attached hydrogen (secondary N) is 1. The number of aryl methyl sites for hydroxylation is 1. The van der Waals surface area contributed by atoms with Gasteiger partial charge in [0.1, 0.15) is 5.76 Å². The molecule has 5 heteroatoms. The first-order valence-electron chi connectivity index (χ1n) is 6.76. The zero-order valence-electron chi connectivity index (χ0n) is 11.7. The van der Waals surface area contributed by atoms with Crippen LogP contribution in [0.2, 0.25) is 0 Å². The molecule has 1 aromatic carbocycles. The van der Waals surface area contributed by atoms with Gasteiger partial charge in [-0.3, -0.25) is 9.59 Å². The normalized spacial score (nSPS) is 11.9. The molecular formula is C16H17NO4. The van der Waals surface area contributed by atoms with E-state index in [4.69, 9.17) is 4.42 Å². The van der Waals surface area contributed by atoms with E-state index in [-0.39, 0.29) is 12.3 Å². The molecule has 21 heavy (non-hydrogen) atoms. The summed E-state index contributed by atoms with van der Waals surface area (Å²) in [6.07, 6.45) is 0.703. The molecule has 1 heterocycles. The van der Waals surface area contributed by atoms with Crippen LogP contribution in [-0.2, 0) is 11.2 Å². The van der Waals surface area contributed by atoms with E-state index in [2.05, 4.69) is 5.32 Å². The van der Waals surface area contributed by atoms with Gasteiger partial charge in [-0.05, 0) is 17.7 Å². The SMILES string of the molecule is CCc1ccc(C(=O)NC[C@H](C(=O)O)c2ccccc2)o1. The minimum Gasteiger partial charge on any atom is -0.481 e. The molecule has 0 saturated heterocycles. The molecule has 0 fully saturated rings. The summed E-state index contributed by atoms with van der Waals surface area (Å²) in [7, 11) is 0. The van der Waals surface area contributed by atoms with E-state index in [1.54, 1.807) is 36.4 Å². The lowest BCUT2D eigenvalue weighted by Crippen LogP contribution is -2.31. The fraction of sp³-hybridized carbons (Fsp3) is 0.250. The molecule has 0 bridgehead atoms. The molecule has 2 aromatic rings. The van der Waals surface area contributed by atoms with Crippen LogP contribution in [0.3, 0.4) is 0 Å². The number of carbonyl (C=O) groups is 2. The molecule has 2 N–H and O–H groups in total. The van der Waals surface area contributed by atoms with Gasteiger partial charge < -0.3 is 14.8 Å². The van der Waals surface area contributed by atoms with Crippen molar-refractivity contribution >= 4 is 11.9 Å². The molecule has 0 aliphatic carbocycles. The van der Waals surface area contributed by atoms with Crippen molar-refractivity contribution in [3.63, 3.8) is 0 Å². The Hall–Kier alpha value is -2.56. The van der Waals surface area contributed by atoms with Gasteiger partial charge in [-0.15, -0.1) is 0 Å². The summed E-state index contributed by atoms with van der Waals surface area (Å²) in [6.45, 7) is 1.94. The van der Waals surface area contributed by atoms with Crippen molar-refractivity contribution in [1.29, 1.82) is 0 Å². The molecule has 110 valence electrons. The summed E-state index contributed by atoms with van der Waals surface area (Å²) >= 11 is 0. The minimum atomic E-state index is -0.977. The molecular weight excluding hydrogens is 270 g/mol. The lowest BCUT2D eigenvalue weighted by Gasteiger charge is -2.13. The Morgan fingerprint density at radius 1 is 1.19 bits per heavy atom. The Morgan fingerprint density at radius 3 is 2.48 bits per heavy atom. The first-order valence-corrected chi connectivity index (χ1v) is 6.76. The van der Waals surface area contributed by atoms with E-state index in [9.17, 15) is 14.7 Å². The van der Waals surface area contributed by atoms with E-state index in [0.29, 0.717) is 12.0 Å². The largest absolute Gasteiger partial charge is 0.481 e. The number of carboxylic acids is 1. The molecule has 0 saturated carbocycles. The van der Waals surface area contributed by atoms with Crippen LogP contribution in [0.1, 0.15) is 34.7 Å². The summed E-state index contributed by atoms with van der Waals surface area (Å²) in [6, 6.07) is 12.1. The Labute approximate surface area is 122 Å².